The van der Waals surface area contributed by atoms with Crippen LogP contribution in [0.3, 0.4) is 0 Å². The molecule has 0 rings (SSSR count). The van der Waals surface area contributed by atoms with Crippen LogP contribution in [0.1, 0.15) is 67.2 Å². The van der Waals surface area contributed by atoms with Gasteiger partial charge in [0.05, 0.1) is 8.07 Å². The highest BCUT2D eigenvalue weighted by Crippen LogP contribution is 2.33. The average Bonchev–Trinajstić information content (AvgIpc) is 2.16. The first kappa shape index (κ1) is 17.2. The van der Waals surface area contributed by atoms with Crippen molar-refractivity contribution >= 4 is 8.07 Å². The van der Waals surface area contributed by atoms with Crippen LogP contribution in [0, 0.1) is 11.8 Å². The Labute approximate surface area is 112 Å². The summed E-state index contributed by atoms with van der Waals surface area (Å²) < 4.78 is 0. The van der Waals surface area contributed by atoms with Crippen LogP contribution >= 0.6 is 0 Å². The van der Waals surface area contributed by atoms with Gasteiger partial charge >= 0.3 is 0 Å². The standard InChI is InChI=1S/C16H36Si/c1-14(2)10-8-12-17(7,16(5)6)13-9-11-15(3)4/h14-16H,8-13H2,1-7H3. The molecular weight excluding hydrogens is 220 g/mol. The van der Waals surface area contributed by atoms with Crippen molar-refractivity contribution in [3.8, 4) is 0 Å². The van der Waals surface area contributed by atoms with E-state index in [0.717, 1.165) is 17.4 Å². The predicted octanol–water partition coefficient (Wildman–Crippen LogP) is 6.35. The molecule has 17 heavy (non-hydrogen) atoms. The van der Waals surface area contributed by atoms with Crippen LogP contribution in [0.25, 0.3) is 0 Å². The van der Waals surface area contributed by atoms with Gasteiger partial charge < -0.3 is 0 Å². The van der Waals surface area contributed by atoms with E-state index in [4.69, 9.17) is 0 Å². The molecule has 0 saturated carbocycles. The first-order valence-electron chi connectivity index (χ1n) is 7.78. The quantitative estimate of drug-likeness (QED) is 0.422. The van der Waals surface area contributed by atoms with Crippen LogP contribution in [0.4, 0.5) is 0 Å². The molecule has 0 aliphatic carbocycles. The molecule has 0 spiro atoms. The third kappa shape index (κ3) is 8.02. The molecule has 0 aromatic rings. The van der Waals surface area contributed by atoms with Gasteiger partial charge in [0.1, 0.15) is 0 Å². The Morgan fingerprint density at radius 2 is 1.06 bits per heavy atom. The minimum atomic E-state index is -0.960. The molecule has 0 aliphatic heterocycles. The summed E-state index contributed by atoms with van der Waals surface area (Å²) in [4.78, 5) is 0. The Kier molecular flexibility index (Phi) is 8.45. The van der Waals surface area contributed by atoms with Crippen molar-refractivity contribution in [2.24, 2.45) is 11.8 Å². The first-order chi connectivity index (χ1) is 7.78. The lowest BCUT2D eigenvalue weighted by atomic mass is 10.1. The summed E-state index contributed by atoms with van der Waals surface area (Å²) in [7, 11) is -0.960. The second kappa shape index (κ2) is 8.34. The molecule has 0 aromatic heterocycles. The van der Waals surface area contributed by atoms with Gasteiger partial charge in [-0.15, -0.1) is 0 Å². The van der Waals surface area contributed by atoms with E-state index in [9.17, 15) is 0 Å². The highest BCUT2D eigenvalue weighted by molar-refractivity contribution is 6.79. The fourth-order valence-electron chi connectivity index (χ4n) is 2.53. The molecule has 0 heterocycles. The van der Waals surface area contributed by atoms with Gasteiger partial charge in [-0.3, -0.25) is 0 Å². The maximum Gasteiger partial charge on any atom is 0.0530 e. The second-order valence-electron chi connectivity index (χ2n) is 7.38. The molecule has 1 heteroatoms. The third-order valence-corrected chi connectivity index (χ3v) is 10.2. The summed E-state index contributed by atoms with van der Waals surface area (Å²) in [5, 5.41) is 0. The fraction of sp³-hybridized carbons (Fsp3) is 1.00. The summed E-state index contributed by atoms with van der Waals surface area (Å²) in [6.07, 6.45) is 5.81. The van der Waals surface area contributed by atoms with Crippen molar-refractivity contribution < 1.29 is 0 Å². The van der Waals surface area contributed by atoms with E-state index >= 15 is 0 Å². The van der Waals surface area contributed by atoms with Gasteiger partial charge in [0.15, 0.2) is 0 Å². The SMILES string of the molecule is CC(C)CCC[Si](C)(CCCC(C)C)C(C)C. The highest BCUT2D eigenvalue weighted by Gasteiger charge is 2.29. The van der Waals surface area contributed by atoms with Crippen LogP contribution in [0.2, 0.25) is 24.2 Å². The van der Waals surface area contributed by atoms with E-state index in [1.165, 1.54) is 25.7 Å². The Hall–Kier alpha value is 0.217. The zero-order valence-corrected chi connectivity index (χ0v) is 14.5. The van der Waals surface area contributed by atoms with E-state index in [2.05, 4.69) is 48.1 Å². The van der Waals surface area contributed by atoms with E-state index in [1.807, 2.05) is 0 Å². The molecule has 0 amide bonds. The van der Waals surface area contributed by atoms with Gasteiger partial charge in [-0.05, 0) is 11.8 Å². The summed E-state index contributed by atoms with van der Waals surface area (Å²) in [6, 6.07) is 3.11. The van der Waals surface area contributed by atoms with E-state index in [-0.39, 0.29) is 0 Å². The average molecular weight is 257 g/mol. The van der Waals surface area contributed by atoms with Crippen molar-refractivity contribution in [3.63, 3.8) is 0 Å². The third-order valence-electron chi connectivity index (χ3n) is 4.45. The van der Waals surface area contributed by atoms with Crippen LogP contribution in [0.5, 0.6) is 0 Å². The topological polar surface area (TPSA) is 0 Å². The maximum absolute atomic E-state index is 2.65. The molecule has 0 aliphatic rings. The van der Waals surface area contributed by atoms with Gasteiger partial charge in [-0.2, -0.15) is 0 Å². The summed E-state index contributed by atoms with van der Waals surface area (Å²) >= 11 is 0. The van der Waals surface area contributed by atoms with Gasteiger partial charge in [-0.1, -0.05) is 91.4 Å². The molecule has 0 aromatic carbocycles. The second-order valence-corrected chi connectivity index (χ2v) is 12.8. The van der Waals surface area contributed by atoms with E-state index in [1.54, 1.807) is 12.1 Å². The molecule has 0 N–H and O–H groups in total. The molecule has 104 valence electrons. The lowest BCUT2D eigenvalue weighted by Crippen LogP contribution is -2.33. The normalized spacial score (nSPS) is 13.1. The van der Waals surface area contributed by atoms with Crippen molar-refractivity contribution in [2.45, 2.75) is 91.4 Å². The van der Waals surface area contributed by atoms with Crippen molar-refractivity contribution in [2.75, 3.05) is 0 Å². The summed E-state index contributed by atoms with van der Waals surface area (Å²) in [5.41, 5.74) is 0.960. The van der Waals surface area contributed by atoms with Crippen molar-refractivity contribution in [1.29, 1.82) is 0 Å². The zero-order chi connectivity index (χ0) is 13.5. The Morgan fingerprint density at radius 1 is 0.706 bits per heavy atom. The van der Waals surface area contributed by atoms with E-state index < -0.39 is 8.07 Å². The molecule has 0 nitrogen and oxygen atoms in total. The molecule has 0 atom stereocenters. The monoisotopic (exact) mass is 256 g/mol. The van der Waals surface area contributed by atoms with E-state index in [0.29, 0.717) is 0 Å². The lowest BCUT2D eigenvalue weighted by Gasteiger charge is -2.32. The first-order valence-corrected chi connectivity index (χ1v) is 10.8. The van der Waals surface area contributed by atoms with Crippen LogP contribution in [-0.2, 0) is 0 Å². The highest BCUT2D eigenvalue weighted by atomic mass is 28.3. The van der Waals surface area contributed by atoms with Crippen molar-refractivity contribution in [1.82, 2.24) is 0 Å². The van der Waals surface area contributed by atoms with Crippen LogP contribution in [0.15, 0.2) is 0 Å². The zero-order valence-electron chi connectivity index (χ0n) is 13.5. The summed E-state index contributed by atoms with van der Waals surface area (Å²) in [6.45, 7) is 17.0. The maximum atomic E-state index is 2.65. The van der Waals surface area contributed by atoms with Crippen LogP contribution in [-0.4, -0.2) is 8.07 Å². The lowest BCUT2D eigenvalue weighted by molar-refractivity contribution is 0.561. The van der Waals surface area contributed by atoms with Crippen LogP contribution < -0.4 is 0 Å². The fourth-order valence-corrected chi connectivity index (χ4v) is 5.96. The van der Waals surface area contributed by atoms with Gasteiger partial charge in [0, 0.05) is 0 Å². The van der Waals surface area contributed by atoms with Gasteiger partial charge in [0.25, 0.3) is 0 Å². The smallest absolute Gasteiger partial charge is 0.0530 e. The molecule has 0 bridgehead atoms. The van der Waals surface area contributed by atoms with Crippen molar-refractivity contribution in [3.05, 3.63) is 0 Å². The minimum Gasteiger partial charge on any atom is -0.0690 e. The van der Waals surface area contributed by atoms with Gasteiger partial charge in [0.2, 0.25) is 0 Å². The van der Waals surface area contributed by atoms with Gasteiger partial charge in [-0.25, -0.2) is 0 Å². The minimum absolute atomic E-state index is 0.885. The molecule has 0 radical (unpaired) electrons. The largest absolute Gasteiger partial charge is 0.0690 e. The Balaban J connectivity index is 4.07. The molecule has 0 unspecified atom stereocenters. The Morgan fingerprint density at radius 3 is 1.29 bits per heavy atom. The Bertz CT molecular complexity index is 168. The number of hydrogen-bond acceptors (Lipinski definition) is 0. The number of rotatable bonds is 9. The number of hydrogen-bond donors (Lipinski definition) is 0. The molecule has 0 fully saturated rings. The molecule has 0 saturated heterocycles. The molecular formula is C16H36Si. The predicted molar refractivity (Wildman–Crippen MR) is 84.5 cm³/mol. The summed E-state index contributed by atoms with van der Waals surface area (Å²) in [5.74, 6) is 1.77.